The number of ether oxygens (including phenoxy) is 1. The number of carbonyl (C=O) groups excluding carboxylic acids is 1. The summed E-state index contributed by atoms with van der Waals surface area (Å²) >= 11 is 6.14. The van der Waals surface area contributed by atoms with Gasteiger partial charge in [-0.2, -0.15) is 0 Å². The second kappa shape index (κ2) is 8.57. The zero-order valence-electron chi connectivity index (χ0n) is 16.2. The van der Waals surface area contributed by atoms with E-state index in [1.807, 2.05) is 70.3 Å². The molecular formula is C22H23ClN4O2. The summed E-state index contributed by atoms with van der Waals surface area (Å²) in [6.07, 6.45) is 3.19. The number of para-hydroxylation sites is 1. The minimum absolute atomic E-state index is 0.00619. The Hall–Kier alpha value is -2.99. The lowest BCUT2D eigenvalue weighted by Crippen LogP contribution is -2.52. The number of anilines is 1. The summed E-state index contributed by atoms with van der Waals surface area (Å²) in [7, 11) is 0. The second-order valence-electron chi connectivity index (χ2n) is 6.96. The smallest absolute Gasteiger partial charge is 0.263 e. The van der Waals surface area contributed by atoms with Gasteiger partial charge in [-0.05, 0) is 37.3 Å². The van der Waals surface area contributed by atoms with Gasteiger partial charge in [-0.3, -0.25) is 9.36 Å². The third kappa shape index (κ3) is 4.38. The molecule has 0 unspecified atom stereocenters. The Morgan fingerprint density at radius 3 is 2.55 bits per heavy atom. The molecule has 0 radical (unpaired) electrons. The van der Waals surface area contributed by atoms with Gasteiger partial charge in [-0.15, -0.1) is 0 Å². The standard InChI is InChI=1S/C22H23ClN4O2/c1-17(29-20-8-3-2-4-9-20)21(28)25-12-14-26(15-13-25)22-24-10-11-27(22)19-7-5-6-18(23)16-19/h2-11,16-17H,12-15H2,1H3/t17-/m1/s1. The second-order valence-corrected chi connectivity index (χ2v) is 7.40. The van der Waals surface area contributed by atoms with Crippen molar-refractivity contribution >= 4 is 23.5 Å². The van der Waals surface area contributed by atoms with Gasteiger partial charge in [0.2, 0.25) is 5.95 Å². The molecule has 6 nitrogen and oxygen atoms in total. The molecular weight excluding hydrogens is 388 g/mol. The van der Waals surface area contributed by atoms with Crippen LogP contribution in [0, 0.1) is 0 Å². The van der Waals surface area contributed by atoms with Gasteiger partial charge in [0.05, 0.1) is 0 Å². The lowest BCUT2D eigenvalue weighted by molar-refractivity contribution is -0.138. The maximum absolute atomic E-state index is 12.8. The number of imidazole rings is 1. The molecule has 0 aliphatic carbocycles. The fourth-order valence-corrected chi connectivity index (χ4v) is 3.68. The van der Waals surface area contributed by atoms with Crippen molar-refractivity contribution < 1.29 is 9.53 Å². The maximum Gasteiger partial charge on any atom is 0.263 e. The average molecular weight is 411 g/mol. The molecule has 0 saturated carbocycles. The summed E-state index contributed by atoms with van der Waals surface area (Å²) in [4.78, 5) is 21.3. The van der Waals surface area contributed by atoms with E-state index in [-0.39, 0.29) is 5.91 Å². The van der Waals surface area contributed by atoms with Gasteiger partial charge < -0.3 is 14.5 Å². The van der Waals surface area contributed by atoms with E-state index in [0.717, 1.165) is 11.6 Å². The van der Waals surface area contributed by atoms with E-state index in [2.05, 4.69) is 9.88 Å². The number of piperazine rings is 1. The minimum atomic E-state index is -0.516. The summed E-state index contributed by atoms with van der Waals surface area (Å²) < 4.78 is 7.80. The van der Waals surface area contributed by atoms with E-state index < -0.39 is 6.10 Å². The number of benzene rings is 2. The Balaban J connectivity index is 1.39. The Morgan fingerprint density at radius 1 is 1.07 bits per heavy atom. The summed E-state index contributed by atoms with van der Waals surface area (Å²) in [6.45, 7) is 4.48. The number of carbonyl (C=O) groups is 1. The average Bonchev–Trinajstić information content (AvgIpc) is 3.24. The molecule has 150 valence electrons. The van der Waals surface area contributed by atoms with E-state index in [0.29, 0.717) is 37.0 Å². The van der Waals surface area contributed by atoms with Gasteiger partial charge >= 0.3 is 0 Å². The van der Waals surface area contributed by atoms with Crippen LogP contribution in [0.2, 0.25) is 5.02 Å². The van der Waals surface area contributed by atoms with Crippen LogP contribution in [0.4, 0.5) is 5.95 Å². The zero-order valence-corrected chi connectivity index (χ0v) is 17.0. The summed E-state index contributed by atoms with van der Waals surface area (Å²) in [5.41, 5.74) is 0.966. The third-order valence-corrected chi connectivity index (χ3v) is 5.22. The normalized spacial score (nSPS) is 15.2. The molecule has 0 spiro atoms. The van der Waals surface area contributed by atoms with Gasteiger partial charge in [0.1, 0.15) is 5.75 Å². The molecule has 1 amide bonds. The largest absolute Gasteiger partial charge is 0.481 e. The molecule has 7 heteroatoms. The molecule has 0 bridgehead atoms. The van der Waals surface area contributed by atoms with Crippen LogP contribution >= 0.6 is 11.6 Å². The van der Waals surface area contributed by atoms with Gasteiger partial charge in [0, 0.05) is 49.3 Å². The van der Waals surface area contributed by atoms with Crippen molar-refractivity contribution in [2.75, 3.05) is 31.1 Å². The summed E-state index contributed by atoms with van der Waals surface area (Å²) in [5.74, 6) is 1.56. The van der Waals surface area contributed by atoms with Crippen molar-refractivity contribution in [2.24, 2.45) is 0 Å². The highest BCUT2D eigenvalue weighted by molar-refractivity contribution is 6.30. The monoisotopic (exact) mass is 410 g/mol. The van der Waals surface area contributed by atoms with Gasteiger partial charge in [-0.1, -0.05) is 35.9 Å². The van der Waals surface area contributed by atoms with Crippen LogP contribution in [0.3, 0.4) is 0 Å². The quantitative estimate of drug-likeness (QED) is 0.644. The zero-order chi connectivity index (χ0) is 20.2. The molecule has 2 heterocycles. The van der Waals surface area contributed by atoms with E-state index in [4.69, 9.17) is 16.3 Å². The van der Waals surface area contributed by atoms with Crippen LogP contribution in [0.15, 0.2) is 67.0 Å². The SMILES string of the molecule is C[C@@H](Oc1ccccc1)C(=O)N1CCN(c2nccn2-c2cccc(Cl)c2)CC1. The van der Waals surface area contributed by atoms with Crippen LogP contribution in [0.25, 0.3) is 5.69 Å². The maximum atomic E-state index is 12.8. The number of amides is 1. The first kappa shape index (κ1) is 19.3. The van der Waals surface area contributed by atoms with Crippen molar-refractivity contribution in [1.82, 2.24) is 14.5 Å². The highest BCUT2D eigenvalue weighted by Crippen LogP contribution is 2.22. The van der Waals surface area contributed by atoms with Gasteiger partial charge in [0.25, 0.3) is 5.91 Å². The van der Waals surface area contributed by atoms with E-state index in [1.54, 1.807) is 13.1 Å². The van der Waals surface area contributed by atoms with Crippen LogP contribution in [-0.2, 0) is 4.79 Å². The lowest BCUT2D eigenvalue weighted by atomic mass is 10.2. The first-order chi connectivity index (χ1) is 14.1. The Bertz CT molecular complexity index is 968. The molecule has 4 rings (SSSR count). The van der Waals surface area contributed by atoms with Crippen LogP contribution < -0.4 is 9.64 Å². The molecule has 3 aromatic rings. The summed E-state index contributed by atoms with van der Waals surface area (Å²) in [6, 6.07) is 17.1. The molecule has 1 aliphatic heterocycles. The molecule has 1 aliphatic rings. The highest BCUT2D eigenvalue weighted by Gasteiger charge is 2.27. The predicted octanol–water partition coefficient (Wildman–Crippen LogP) is 3.64. The summed E-state index contributed by atoms with van der Waals surface area (Å²) in [5, 5.41) is 0.685. The molecule has 1 fully saturated rings. The fourth-order valence-electron chi connectivity index (χ4n) is 3.49. The van der Waals surface area contributed by atoms with E-state index in [1.165, 1.54) is 0 Å². The first-order valence-electron chi connectivity index (χ1n) is 9.66. The molecule has 1 atom stereocenters. The first-order valence-corrected chi connectivity index (χ1v) is 10.0. The predicted molar refractivity (Wildman–Crippen MR) is 114 cm³/mol. The van der Waals surface area contributed by atoms with Crippen molar-refractivity contribution in [3.63, 3.8) is 0 Å². The number of nitrogens with zero attached hydrogens (tertiary/aromatic N) is 4. The fraction of sp³-hybridized carbons (Fsp3) is 0.273. The molecule has 0 N–H and O–H groups in total. The van der Waals surface area contributed by atoms with Gasteiger partial charge in [-0.25, -0.2) is 4.98 Å². The number of aromatic nitrogens is 2. The van der Waals surface area contributed by atoms with Crippen LogP contribution in [-0.4, -0.2) is 52.6 Å². The number of halogens is 1. The Kier molecular flexibility index (Phi) is 5.71. The van der Waals surface area contributed by atoms with Crippen molar-refractivity contribution in [3.05, 3.63) is 72.0 Å². The van der Waals surface area contributed by atoms with Crippen LogP contribution in [0.5, 0.6) is 5.75 Å². The molecule has 2 aromatic carbocycles. The van der Waals surface area contributed by atoms with Crippen molar-refractivity contribution in [1.29, 1.82) is 0 Å². The number of rotatable bonds is 5. The molecule has 29 heavy (non-hydrogen) atoms. The minimum Gasteiger partial charge on any atom is -0.481 e. The van der Waals surface area contributed by atoms with Crippen molar-refractivity contribution in [3.8, 4) is 11.4 Å². The van der Waals surface area contributed by atoms with E-state index >= 15 is 0 Å². The highest BCUT2D eigenvalue weighted by atomic mass is 35.5. The Morgan fingerprint density at radius 2 is 1.83 bits per heavy atom. The topological polar surface area (TPSA) is 50.6 Å². The Labute approximate surface area is 175 Å². The third-order valence-electron chi connectivity index (χ3n) is 4.99. The van der Waals surface area contributed by atoms with Crippen LogP contribution in [0.1, 0.15) is 6.92 Å². The van der Waals surface area contributed by atoms with Crippen molar-refractivity contribution in [2.45, 2.75) is 13.0 Å². The number of hydrogen-bond donors (Lipinski definition) is 0. The molecule has 1 saturated heterocycles. The molecule has 1 aromatic heterocycles. The number of hydrogen-bond acceptors (Lipinski definition) is 4. The van der Waals surface area contributed by atoms with E-state index in [9.17, 15) is 4.79 Å². The van der Waals surface area contributed by atoms with Gasteiger partial charge in [0.15, 0.2) is 6.10 Å². The lowest BCUT2D eigenvalue weighted by Gasteiger charge is -2.36.